The van der Waals surface area contributed by atoms with Crippen molar-refractivity contribution in [2.45, 2.75) is 32.9 Å². The SMILES string of the molecule is CC(C)Oc1cn(C(C)C(=O)Nc2ccc(C(=O)O)cc2)c(=O)cc1I. The Bertz CT molecular complexity index is 874. The van der Waals surface area contributed by atoms with Gasteiger partial charge in [-0.2, -0.15) is 0 Å². The molecule has 0 aliphatic heterocycles. The van der Waals surface area contributed by atoms with Gasteiger partial charge in [-0.1, -0.05) is 0 Å². The van der Waals surface area contributed by atoms with Crippen molar-refractivity contribution >= 4 is 40.2 Å². The number of anilines is 1. The minimum atomic E-state index is -1.04. The number of carbonyl (C=O) groups excluding carboxylic acids is 1. The summed E-state index contributed by atoms with van der Waals surface area (Å²) in [4.78, 5) is 35.6. The van der Waals surface area contributed by atoms with Crippen LogP contribution in [0, 0.1) is 3.57 Å². The van der Waals surface area contributed by atoms with Crippen LogP contribution in [0.1, 0.15) is 37.2 Å². The van der Waals surface area contributed by atoms with E-state index in [9.17, 15) is 14.4 Å². The largest absolute Gasteiger partial charge is 0.488 e. The fourth-order valence-corrected chi connectivity index (χ4v) is 2.75. The molecule has 138 valence electrons. The number of aromatic carboxylic acids is 1. The third-order valence-corrected chi connectivity index (χ3v) is 4.40. The first kappa shape index (κ1) is 20.0. The summed E-state index contributed by atoms with van der Waals surface area (Å²) >= 11 is 2.02. The van der Waals surface area contributed by atoms with Crippen molar-refractivity contribution in [3.05, 3.63) is 56.0 Å². The quantitative estimate of drug-likeness (QED) is 0.633. The highest BCUT2D eigenvalue weighted by molar-refractivity contribution is 14.1. The van der Waals surface area contributed by atoms with E-state index in [1.807, 2.05) is 36.4 Å². The van der Waals surface area contributed by atoms with E-state index in [4.69, 9.17) is 9.84 Å². The molecule has 0 aliphatic carbocycles. The molecule has 1 aromatic carbocycles. The van der Waals surface area contributed by atoms with Crippen LogP contribution in [0.4, 0.5) is 5.69 Å². The number of hydrogen-bond acceptors (Lipinski definition) is 4. The Balaban J connectivity index is 2.22. The predicted molar refractivity (Wildman–Crippen MR) is 106 cm³/mol. The van der Waals surface area contributed by atoms with E-state index in [0.717, 1.165) is 0 Å². The van der Waals surface area contributed by atoms with E-state index >= 15 is 0 Å². The number of benzene rings is 1. The van der Waals surface area contributed by atoms with Crippen LogP contribution >= 0.6 is 22.6 Å². The second-order valence-electron chi connectivity index (χ2n) is 5.95. The zero-order chi connectivity index (χ0) is 19.4. The summed E-state index contributed by atoms with van der Waals surface area (Å²) in [6.07, 6.45) is 1.47. The van der Waals surface area contributed by atoms with Gasteiger partial charge in [0.2, 0.25) is 5.91 Å². The summed E-state index contributed by atoms with van der Waals surface area (Å²) in [6, 6.07) is 6.44. The lowest BCUT2D eigenvalue weighted by atomic mass is 10.2. The monoisotopic (exact) mass is 470 g/mol. The van der Waals surface area contributed by atoms with Crippen LogP contribution in [0.15, 0.2) is 41.3 Å². The maximum Gasteiger partial charge on any atom is 0.335 e. The zero-order valence-corrected chi connectivity index (χ0v) is 16.7. The minimum Gasteiger partial charge on any atom is -0.488 e. The van der Waals surface area contributed by atoms with E-state index in [-0.39, 0.29) is 17.2 Å². The summed E-state index contributed by atoms with van der Waals surface area (Å²) in [6.45, 7) is 5.36. The zero-order valence-electron chi connectivity index (χ0n) is 14.5. The third kappa shape index (κ3) is 4.84. The number of amides is 1. The highest BCUT2D eigenvalue weighted by Gasteiger charge is 2.19. The van der Waals surface area contributed by atoms with Crippen LogP contribution in [-0.2, 0) is 4.79 Å². The smallest absolute Gasteiger partial charge is 0.335 e. The molecule has 8 heteroatoms. The number of carboxylic acid groups (broad SMARTS) is 1. The minimum absolute atomic E-state index is 0.0636. The molecule has 1 heterocycles. The lowest BCUT2D eigenvalue weighted by Crippen LogP contribution is -2.31. The summed E-state index contributed by atoms with van der Waals surface area (Å²) in [7, 11) is 0. The van der Waals surface area contributed by atoms with Crippen molar-refractivity contribution in [3.8, 4) is 5.75 Å². The highest BCUT2D eigenvalue weighted by Crippen LogP contribution is 2.21. The molecular formula is C18H19IN2O5. The van der Waals surface area contributed by atoms with Crippen LogP contribution in [0.3, 0.4) is 0 Å². The van der Waals surface area contributed by atoms with Crippen LogP contribution in [0.5, 0.6) is 5.75 Å². The fourth-order valence-electron chi connectivity index (χ4n) is 2.22. The van der Waals surface area contributed by atoms with Crippen molar-refractivity contribution in [1.29, 1.82) is 0 Å². The van der Waals surface area contributed by atoms with Gasteiger partial charge in [0.25, 0.3) is 5.56 Å². The Labute approximate surface area is 164 Å². The second kappa shape index (κ2) is 8.35. The average Bonchev–Trinajstić information content (AvgIpc) is 2.56. The highest BCUT2D eigenvalue weighted by atomic mass is 127. The number of nitrogens with one attached hydrogen (secondary N) is 1. The number of rotatable bonds is 6. The predicted octanol–water partition coefficient (Wildman–Crippen LogP) is 3.14. The average molecular weight is 470 g/mol. The van der Waals surface area contributed by atoms with Crippen molar-refractivity contribution in [2.24, 2.45) is 0 Å². The van der Waals surface area contributed by atoms with Gasteiger partial charge in [0.1, 0.15) is 11.8 Å². The molecule has 0 fully saturated rings. The molecular weight excluding hydrogens is 451 g/mol. The van der Waals surface area contributed by atoms with Gasteiger partial charge < -0.3 is 15.2 Å². The molecule has 1 aromatic heterocycles. The van der Waals surface area contributed by atoms with Gasteiger partial charge in [-0.05, 0) is 67.6 Å². The van der Waals surface area contributed by atoms with E-state index < -0.39 is 17.9 Å². The topological polar surface area (TPSA) is 97.6 Å². The molecule has 2 aromatic rings. The molecule has 0 bridgehead atoms. The normalized spacial score (nSPS) is 11.9. The number of nitrogens with zero attached hydrogens (tertiary/aromatic N) is 1. The number of carbonyl (C=O) groups is 2. The lowest BCUT2D eigenvalue weighted by Gasteiger charge is -2.18. The number of aromatic nitrogens is 1. The number of ether oxygens (including phenoxy) is 1. The summed E-state index contributed by atoms with van der Waals surface area (Å²) in [5.41, 5.74) is 0.263. The molecule has 2 N–H and O–H groups in total. The van der Waals surface area contributed by atoms with E-state index in [2.05, 4.69) is 5.32 Å². The van der Waals surface area contributed by atoms with Gasteiger partial charge in [0, 0.05) is 11.8 Å². The van der Waals surface area contributed by atoms with Gasteiger partial charge in [-0.3, -0.25) is 14.2 Å². The molecule has 0 saturated carbocycles. The molecule has 0 saturated heterocycles. The first-order chi connectivity index (χ1) is 12.2. The van der Waals surface area contributed by atoms with E-state index in [1.165, 1.54) is 41.1 Å². The molecule has 1 atom stereocenters. The standard InChI is InChI=1S/C18H19IN2O5/c1-10(2)26-15-9-21(16(22)8-14(15)19)11(3)17(23)20-13-6-4-12(5-7-13)18(24)25/h4-11H,1-3H3,(H,20,23)(H,24,25). The Morgan fingerprint density at radius 2 is 1.81 bits per heavy atom. The Kier molecular flexibility index (Phi) is 6.41. The van der Waals surface area contributed by atoms with E-state index in [0.29, 0.717) is 15.0 Å². The van der Waals surface area contributed by atoms with Crippen LogP contribution in [0.2, 0.25) is 0 Å². The third-order valence-electron chi connectivity index (χ3n) is 3.56. The van der Waals surface area contributed by atoms with Crippen molar-refractivity contribution in [1.82, 2.24) is 4.57 Å². The number of pyridine rings is 1. The second-order valence-corrected chi connectivity index (χ2v) is 7.11. The van der Waals surface area contributed by atoms with Crippen molar-refractivity contribution in [3.63, 3.8) is 0 Å². The number of hydrogen-bond donors (Lipinski definition) is 2. The summed E-state index contributed by atoms with van der Waals surface area (Å²) in [5, 5.41) is 11.6. The molecule has 7 nitrogen and oxygen atoms in total. The molecule has 1 amide bonds. The first-order valence-corrected chi connectivity index (χ1v) is 8.99. The van der Waals surface area contributed by atoms with Gasteiger partial charge in [-0.25, -0.2) is 4.79 Å². The first-order valence-electron chi connectivity index (χ1n) is 7.91. The Morgan fingerprint density at radius 3 is 2.35 bits per heavy atom. The Morgan fingerprint density at radius 1 is 1.19 bits per heavy atom. The molecule has 2 rings (SSSR count). The van der Waals surface area contributed by atoms with Crippen molar-refractivity contribution < 1.29 is 19.4 Å². The van der Waals surface area contributed by atoms with Gasteiger partial charge >= 0.3 is 5.97 Å². The van der Waals surface area contributed by atoms with Gasteiger partial charge in [0.15, 0.2) is 0 Å². The molecule has 0 aliphatic rings. The van der Waals surface area contributed by atoms with Crippen molar-refractivity contribution in [2.75, 3.05) is 5.32 Å². The Hall–Kier alpha value is -2.36. The van der Waals surface area contributed by atoms with Gasteiger partial charge in [0.05, 0.1) is 21.4 Å². The van der Waals surface area contributed by atoms with Gasteiger partial charge in [-0.15, -0.1) is 0 Å². The van der Waals surface area contributed by atoms with Crippen LogP contribution in [0.25, 0.3) is 0 Å². The fraction of sp³-hybridized carbons (Fsp3) is 0.278. The van der Waals surface area contributed by atoms with E-state index in [1.54, 1.807) is 6.92 Å². The number of carboxylic acids is 1. The molecule has 1 unspecified atom stereocenters. The van der Waals surface area contributed by atoms with Crippen LogP contribution < -0.4 is 15.6 Å². The number of halogens is 1. The molecule has 0 radical (unpaired) electrons. The maximum absolute atomic E-state index is 12.5. The lowest BCUT2D eigenvalue weighted by molar-refractivity contribution is -0.118. The summed E-state index contributed by atoms with van der Waals surface area (Å²) < 4.78 is 7.65. The summed E-state index contributed by atoms with van der Waals surface area (Å²) in [5.74, 6) is -0.906. The van der Waals surface area contributed by atoms with Crippen LogP contribution in [-0.4, -0.2) is 27.7 Å². The maximum atomic E-state index is 12.5. The molecule has 26 heavy (non-hydrogen) atoms. The molecule has 0 spiro atoms.